The molecule has 0 N–H and O–H groups in total. The predicted molar refractivity (Wildman–Crippen MR) is 104 cm³/mol. The van der Waals surface area contributed by atoms with E-state index in [0.29, 0.717) is 32.1 Å². The Hall–Kier alpha value is -2.37. The molecule has 0 radical (unpaired) electrons. The van der Waals surface area contributed by atoms with E-state index in [1.807, 2.05) is 6.92 Å². The van der Waals surface area contributed by atoms with E-state index in [9.17, 15) is 26.3 Å². The van der Waals surface area contributed by atoms with E-state index in [1.54, 1.807) is 6.92 Å². The Morgan fingerprint density at radius 1 is 1.09 bits per heavy atom. The van der Waals surface area contributed by atoms with Crippen LogP contribution in [0.3, 0.4) is 0 Å². The van der Waals surface area contributed by atoms with E-state index >= 15 is 0 Å². The molecule has 0 unspecified atom stereocenters. The summed E-state index contributed by atoms with van der Waals surface area (Å²) in [7, 11) is 0. The Bertz CT molecular complexity index is 931. The average Bonchev–Trinajstić information content (AvgIpc) is 3.20. The van der Waals surface area contributed by atoms with Gasteiger partial charge in [-0.15, -0.1) is 10.2 Å². The van der Waals surface area contributed by atoms with Crippen LogP contribution in [-0.4, -0.2) is 34.1 Å². The smallest absolute Gasteiger partial charge is 0.426 e. The molecule has 0 saturated carbocycles. The molecule has 0 aliphatic carbocycles. The minimum absolute atomic E-state index is 0.132. The number of alkyl halides is 6. The molecule has 0 aromatic carbocycles. The van der Waals surface area contributed by atoms with Crippen molar-refractivity contribution >= 4 is 0 Å². The van der Waals surface area contributed by atoms with E-state index in [-0.39, 0.29) is 18.7 Å². The molecule has 1 aliphatic rings. The van der Waals surface area contributed by atoms with Gasteiger partial charge in [0.2, 0.25) is 11.5 Å². The highest BCUT2D eigenvalue weighted by molar-refractivity contribution is 5.50. The summed E-state index contributed by atoms with van der Waals surface area (Å²) in [5.74, 6) is -1.94. The maximum Gasteiger partial charge on any atom is 0.426 e. The second-order valence-corrected chi connectivity index (χ2v) is 8.01. The highest BCUT2D eigenvalue weighted by Gasteiger charge is 2.60. The second kappa shape index (κ2) is 9.86. The van der Waals surface area contributed by atoms with E-state index < -0.39 is 53.7 Å². The number of rotatable bonds is 4. The lowest BCUT2D eigenvalue weighted by Crippen LogP contribution is -2.45. The first-order valence-corrected chi connectivity index (χ1v) is 10.8. The lowest BCUT2D eigenvalue weighted by Gasteiger charge is -2.32. The zero-order valence-corrected chi connectivity index (χ0v) is 18.2. The maximum atomic E-state index is 14.3. The molecular weight excluding hydrogens is 456 g/mol. The predicted octanol–water partition coefficient (Wildman–Crippen LogP) is 6.46. The molecule has 12 heteroatoms. The Morgan fingerprint density at radius 3 is 2.52 bits per heavy atom. The van der Waals surface area contributed by atoms with E-state index in [0.717, 1.165) is 12.1 Å². The Balaban J connectivity index is 2.11. The molecule has 0 fully saturated rings. The van der Waals surface area contributed by atoms with Crippen LogP contribution in [0.5, 0.6) is 5.88 Å². The van der Waals surface area contributed by atoms with Gasteiger partial charge in [0, 0.05) is 6.61 Å². The van der Waals surface area contributed by atoms with Gasteiger partial charge in [-0.1, -0.05) is 19.8 Å². The Kier molecular flexibility index (Phi) is 7.55. The number of ether oxygens (including phenoxy) is 2. The molecule has 184 valence electrons. The van der Waals surface area contributed by atoms with Gasteiger partial charge in [-0.25, -0.2) is 4.98 Å². The highest BCUT2D eigenvalue weighted by atomic mass is 19.4. The average molecular weight is 481 g/mol. The molecular formula is C21H25F6N3O3. The molecule has 2 aromatic heterocycles. The molecule has 0 amide bonds. The van der Waals surface area contributed by atoms with Crippen LogP contribution in [0, 0.1) is 0 Å². The van der Waals surface area contributed by atoms with Gasteiger partial charge in [-0.2, -0.15) is 26.3 Å². The number of aromatic nitrogens is 3. The molecule has 1 aliphatic heterocycles. The van der Waals surface area contributed by atoms with E-state index in [1.165, 1.54) is 0 Å². The molecule has 3 rings (SSSR count). The number of hydrogen-bond donors (Lipinski definition) is 0. The Morgan fingerprint density at radius 2 is 1.85 bits per heavy atom. The van der Waals surface area contributed by atoms with Crippen molar-refractivity contribution in [2.75, 3.05) is 6.61 Å². The summed E-state index contributed by atoms with van der Waals surface area (Å²) in [4.78, 5) is 3.85. The number of fused-ring (bicyclic) bond motifs is 5. The van der Waals surface area contributed by atoms with Crippen LogP contribution in [0.1, 0.15) is 70.2 Å². The fraction of sp³-hybridized carbons (Fsp3) is 0.667. The SMILES string of the molecule is CCCCO[C@]1(C(F)(F)F)CCCCC[C@@H](C)Oc2nc(ccc2C(F)(F)F)-c2nnc1o2. The minimum Gasteiger partial charge on any atom is -0.474 e. The summed E-state index contributed by atoms with van der Waals surface area (Å²) in [6, 6.07) is 1.69. The first-order chi connectivity index (χ1) is 15.5. The largest absolute Gasteiger partial charge is 0.474 e. The normalized spacial score (nSPS) is 22.5. The number of pyridine rings is 1. The van der Waals surface area contributed by atoms with Crippen molar-refractivity contribution in [3.8, 4) is 17.5 Å². The van der Waals surface area contributed by atoms with Crippen LogP contribution in [-0.2, 0) is 16.5 Å². The van der Waals surface area contributed by atoms with Gasteiger partial charge in [-0.05, 0) is 51.2 Å². The number of unbranched alkanes of at least 4 members (excludes halogenated alkanes) is 1. The lowest BCUT2D eigenvalue weighted by atomic mass is 9.94. The van der Waals surface area contributed by atoms with Crippen molar-refractivity contribution < 1.29 is 40.2 Å². The third-order valence-corrected chi connectivity index (χ3v) is 5.41. The number of nitrogens with zero attached hydrogens (tertiary/aromatic N) is 3. The molecule has 4 bridgehead atoms. The Labute approximate surface area is 186 Å². The van der Waals surface area contributed by atoms with Gasteiger partial charge in [0.25, 0.3) is 11.8 Å². The molecule has 0 spiro atoms. The summed E-state index contributed by atoms with van der Waals surface area (Å²) in [5, 5.41) is 7.22. The number of halogens is 6. The van der Waals surface area contributed by atoms with Gasteiger partial charge in [-0.3, -0.25) is 0 Å². The van der Waals surface area contributed by atoms with Gasteiger partial charge < -0.3 is 13.9 Å². The molecule has 3 heterocycles. The standard InChI is InChI=1S/C21H25F6N3O3/c1-3-4-12-31-19(21(25,26)27)11-7-5-6-8-13(2)32-16-14(20(22,23)24)9-10-15(28-16)17-29-30-18(19)33-17/h9-10,13H,3-8,11-12H2,1-2H3/t13-,19-/m1/s1. The molecule has 6 nitrogen and oxygen atoms in total. The summed E-state index contributed by atoms with van der Waals surface area (Å²) >= 11 is 0. The zero-order chi connectivity index (χ0) is 24.3. The monoisotopic (exact) mass is 481 g/mol. The van der Waals surface area contributed by atoms with Crippen LogP contribution in [0.15, 0.2) is 16.5 Å². The van der Waals surface area contributed by atoms with Crippen LogP contribution >= 0.6 is 0 Å². The minimum atomic E-state index is -4.85. The van der Waals surface area contributed by atoms with Crippen molar-refractivity contribution in [2.24, 2.45) is 0 Å². The van der Waals surface area contributed by atoms with E-state index in [4.69, 9.17) is 13.9 Å². The van der Waals surface area contributed by atoms with E-state index in [2.05, 4.69) is 15.2 Å². The molecule has 33 heavy (non-hydrogen) atoms. The van der Waals surface area contributed by atoms with Gasteiger partial charge in [0.15, 0.2) is 0 Å². The highest BCUT2D eigenvalue weighted by Crippen LogP contribution is 2.46. The lowest BCUT2D eigenvalue weighted by molar-refractivity contribution is -0.296. The van der Waals surface area contributed by atoms with Crippen molar-refractivity contribution in [1.82, 2.24) is 15.2 Å². The molecule has 2 aromatic rings. The van der Waals surface area contributed by atoms with Crippen LogP contribution in [0.25, 0.3) is 11.6 Å². The van der Waals surface area contributed by atoms with Crippen molar-refractivity contribution in [1.29, 1.82) is 0 Å². The quantitative estimate of drug-likeness (QED) is 0.369. The summed E-state index contributed by atoms with van der Waals surface area (Å²) < 4.78 is 99.3. The third kappa shape index (κ3) is 5.59. The molecule has 0 saturated heterocycles. The topological polar surface area (TPSA) is 70.3 Å². The van der Waals surface area contributed by atoms with Gasteiger partial charge in [0.05, 0.1) is 6.10 Å². The van der Waals surface area contributed by atoms with Crippen LogP contribution in [0.2, 0.25) is 0 Å². The van der Waals surface area contributed by atoms with Crippen LogP contribution in [0.4, 0.5) is 26.3 Å². The fourth-order valence-corrected chi connectivity index (χ4v) is 3.56. The summed E-state index contributed by atoms with van der Waals surface area (Å²) in [6.45, 7) is 3.24. The van der Waals surface area contributed by atoms with Crippen molar-refractivity contribution in [3.63, 3.8) is 0 Å². The first kappa shape index (κ1) is 25.3. The summed E-state index contributed by atoms with van der Waals surface area (Å²) in [5.41, 5.74) is -4.14. The first-order valence-electron chi connectivity index (χ1n) is 10.8. The van der Waals surface area contributed by atoms with Crippen molar-refractivity contribution in [2.45, 2.75) is 82.9 Å². The number of hydrogen-bond acceptors (Lipinski definition) is 6. The molecule has 2 atom stereocenters. The zero-order valence-electron chi connectivity index (χ0n) is 18.2. The van der Waals surface area contributed by atoms with Gasteiger partial charge >= 0.3 is 12.4 Å². The third-order valence-electron chi connectivity index (χ3n) is 5.41. The van der Waals surface area contributed by atoms with Gasteiger partial charge in [0.1, 0.15) is 11.3 Å². The van der Waals surface area contributed by atoms with Crippen LogP contribution < -0.4 is 4.74 Å². The van der Waals surface area contributed by atoms with Crippen molar-refractivity contribution in [3.05, 3.63) is 23.6 Å². The second-order valence-electron chi connectivity index (χ2n) is 8.01. The maximum absolute atomic E-state index is 14.3. The summed E-state index contributed by atoms with van der Waals surface area (Å²) in [6.07, 6.45) is -8.32. The fourth-order valence-electron chi connectivity index (χ4n) is 3.56.